The third-order valence-electron chi connectivity index (χ3n) is 4.72. The topological polar surface area (TPSA) is 43.9 Å². The molecule has 0 bridgehead atoms. The predicted molar refractivity (Wildman–Crippen MR) is 88.7 cm³/mol. The third-order valence-corrected chi connectivity index (χ3v) is 4.72. The second-order valence-electron chi connectivity index (χ2n) is 6.41. The van der Waals surface area contributed by atoms with Crippen LogP contribution < -0.4 is 0 Å². The summed E-state index contributed by atoms with van der Waals surface area (Å²) in [7, 11) is 0. The van der Waals surface area contributed by atoms with Gasteiger partial charge in [-0.05, 0) is 18.4 Å². The number of piperidine rings is 1. The van der Waals surface area contributed by atoms with Crippen LogP contribution in [0.4, 0.5) is 0 Å². The van der Waals surface area contributed by atoms with Crippen LogP contribution in [0.15, 0.2) is 30.3 Å². The standard InChI is InChI=1S/C18H25N3O2/c22-17-8-4-5-9-21(17)15-18(23)20-12-10-19(11-13-20)14-16-6-2-1-3-7-16/h1-3,6-7H,4-5,8-15H2. The van der Waals surface area contributed by atoms with Crippen LogP contribution in [0.25, 0.3) is 0 Å². The van der Waals surface area contributed by atoms with Gasteiger partial charge in [-0.1, -0.05) is 30.3 Å². The number of piperazine rings is 1. The Balaban J connectivity index is 1.45. The third kappa shape index (κ3) is 4.32. The van der Waals surface area contributed by atoms with Gasteiger partial charge < -0.3 is 9.80 Å². The van der Waals surface area contributed by atoms with Gasteiger partial charge in [0.15, 0.2) is 0 Å². The van der Waals surface area contributed by atoms with Crippen molar-refractivity contribution in [3.8, 4) is 0 Å². The summed E-state index contributed by atoms with van der Waals surface area (Å²) < 4.78 is 0. The summed E-state index contributed by atoms with van der Waals surface area (Å²) >= 11 is 0. The fraction of sp³-hybridized carbons (Fsp3) is 0.556. The first-order chi connectivity index (χ1) is 11.2. The highest BCUT2D eigenvalue weighted by Crippen LogP contribution is 2.12. The predicted octanol–water partition coefficient (Wildman–Crippen LogP) is 1.34. The number of likely N-dealkylation sites (tertiary alicyclic amines) is 1. The minimum absolute atomic E-state index is 0.0969. The number of hydrogen-bond acceptors (Lipinski definition) is 3. The fourth-order valence-electron chi connectivity index (χ4n) is 3.29. The Kier molecular flexibility index (Phi) is 5.28. The Bertz CT molecular complexity index is 538. The Morgan fingerprint density at radius 3 is 2.39 bits per heavy atom. The maximum Gasteiger partial charge on any atom is 0.242 e. The van der Waals surface area contributed by atoms with E-state index in [0.29, 0.717) is 6.42 Å². The van der Waals surface area contributed by atoms with Gasteiger partial charge in [0.25, 0.3) is 0 Å². The van der Waals surface area contributed by atoms with Crippen LogP contribution >= 0.6 is 0 Å². The zero-order valence-electron chi connectivity index (χ0n) is 13.6. The van der Waals surface area contributed by atoms with Crippen molar-refractivity contribution < 1.29 is 9.59 Å². The zero-order valence-corrected chi connectivity index (χ0v) is 13.6. The summed E-state index contributed by atoms with van der Waals surface area (Å²) in [6, 6.07) is 10.4. The first kappa shape index (κ1) is 16.0. The quantitative estimate of drug-likeness (QED) is 0.842. The van der Waals surface area contributed by atoms with Crippen LogP contribution in [-0.2, 0) is 16.1 Å². The van der Waals surface area contributed by atoms with E-state index in [4.69, 9.17) is 0 Å². The summed E-state index contributed by atoms with van der Waals surface area (Å²) in [5.74, 6) is 0.229. The normalized spacial score (nSPS) is 19.9. The van der Waals surface area contributed by atoms with Gasteiger partial charge in [-0.25, -0.2) is 0 Å². The second kappa shape index (κ2) is 7.59. The molecule has 0 unspecified atom stereocenters. The van der Waals surface area contributed by atoms with Crippen molar-refractivity contribution >= 4 is 11.8 Å². The first-order valence-corrected chi connectivity index (χ1v) is 8.54. The van der Waals surface area contributed by atoms with Crippen molar-refractivity contribution in [3.63, 3.8) is 0 Å². The maximum absolute atomic E-state index is 12.4. The molecule has 2 heterocycles. The van der Waals surface area contributed by atoms with Gasteiger partial charge in [0.2, 0.25) is 11.8 Å². The minimum Gasteiger partial charge on any atom is -0.339 e. The lowest BCUT2D eigenvalue weighted by atomic mass is 10.1. The number of carbonyl (C=O) groups is 2. The molecule has 0 N–H and O–H groups in total. The van der Waals surface area contributed by atoms with Gasteiger partial charge in [-0.15, -0.1) is 0 Å². The molecule has 5 heteroatoms. The molecule has 0 atom stereocenters. The van der Waals surface area contributed by atoms with Crippen LogP contribution in [0, 0.1) is 0 Å². The molecule has 23 heavy (non-hydrogen) atoms. The Morgan fingerprint density at radius 1 is 0.957 bits per heavy atom. The highest BCUT2D eigenvalue weighted by Gasteiger charge is 2.25. The highest BCUT2D eigenvalue weighted by atomic mass is 16.2. The minimum atomic E-state index is 0.0969. The van der Waals surface area contributed by atoms with E-state index in [0.717, 1.165) is 52.1 Å². The number of carbonyl (C=O) groups excluding carboxylic acids is 2. The molecule has 0 aliphatic carbocycles. The molecule has 0 radical (unpaired) electrons. The monoisotopic (exact) mass is 315 g/mol. The summed E-state index contributed by atoms with van der Waals surface area (Å²) in [4.78, 5) is 30.2. The summed E-state index contributed by atoms with van der Waals surface area (Å²) in [5, 5.41) is 0. The smallest absolute Gasteiger partial charge is 0.242 e. The first-order valence-electron chi connectivity index (χ1n) is 8.54. The Labute approximate surface area is 137 Å². The molecule has 2 fully saturated rings. The molecule has 1 aromatic rings. The van der Waals surface area contributed by atoms with Crippen LogP contribution in [0.1, 0.15) is 24.8 Å². The lowest BCUT2D eigenvalue weighted by Crippen LogP contribution is -2.52. The van der Waals surface area contributed by atoms with Crippen molar-refractivity contribution in [2.75, 3.05) is 39.3 Å². The summed E-state index contributed by atoms with van der Waals surface area (Å²) in [6.07, 6.45) is 2.57. The molecule has 2 saturated heterocycles. The maximum atomic E-state index is 12.4. The van der Waals surface area contributed by atoms with E-state index in [2.05, 4.69) is 29.2 Å². The molecular formula is C18H25N3O2. The van der Waals surface area contributed by atoms with Gasteiger partial charge in [-0.3, -0.25) is 14.5 Å². The highest BCUT2D eigenvalue weighted by molar-refractivity contribution is 5.85. The number of rotatable bonds is 4. The molecule has 0 aromatic heterocycles. The van der Waals surface area contributed by atoms with Crippen LogP contribution in [0.5, 0.6) is 0 Å². The molecule has 124 valence electrons. The largest absolute Gasteiger partial charge is 0.339 e. The Hall–Kier alpha value is -1.88. The van der Waals surface area contributed by atoms with E-state index in [1.807, 2.05) is 11.0 Å². The van der Waals surface area contributed by atoms with E-state index in [1.165, 1.54) is 5.56 Å². The fourth-order valence-corrected chi connectivity index (χ4v) is 3.29. The van der Waals surface area contributed by atoms with Crippen molar-refractivity contribution in [1.29, 1.82) is 0 Å². The van der Waals surface area contributed by atoms with Gasteiger partial charge in [0, 0.05) is 45.7 Å². The van der Waals surface area contributed by atoms with Crippen molar-refractivity contribution in [1.82, 2.24) is 14.7 Å². The lowest BCUT2D eigenvalue weighted by Gasteiger charge is -2.36. The number of hydrogen-bond donors (Lipinski definition) is 0. The summed E-state index contributed by atoms with van der Waals surface area (Å²) in [5.41, 5.74) is 1.31. The molecule has 5 nitrogen and oxygen atoms in total. The van der Waals surface area contributed by atoms with E-state index < -0.39 is 0 Å². The van der Waals surface area contributed by atoms with E-state index in [1.54, 1.807) is 4.90 Å². The van der Waals surface area contributed by atoms with Crippen molar-refractivity contribution in [3.05, 3.63) is 35.9 Å². The van der Waals surface area contributed by atoms with E-state index >= 15 is 0 Å². The molecule has 0 spiro atoms. The van der Waals surface area contributed by atoms with Crippen molar-refractivity contribution in [2.24, 2.45) is 0 Å². The molecule has 2 aliphatic rings. The van der Waals surface area contributed by atoms with Gasteiger partial charge in [0.1, 0.15) is 0 Å². The Morgan fingerprint density at radius 2 is 1.70 bits per heavy atom. The van der Waals surface area contributed by atoms with Gasteiger partial charge in [-0.2, -0.15) is 0 Å². The SMILES string of the molecule is O=C(CN1CCCCC1=O)N1CCN(Cc2ccccc2)CC1. The van der Waals surface area contributed by atoms with Gasteiger partial charge >= 0.3 is 0 Å². The molecule has 2 aliphatic heterocycles. The number of nitrogens with zero attached hydrogens (tertiary/aromatic N) is 3. The van der Waals surface area contributed by atoms with Crippen molar-refractivity contribution in [2.45, 2.75) is 25.8 Å². The second-order valence-corrected chi connectivity index (χ2v) is 6.41. The van der Waals surface area contributed by atoms with Crippen LogP contribution in [0.3, 0.4) is 0 Å². The number of benzene rings is 1. The van der Waals surface area contributed by atoms with Crippen LogP contribution in [-0.4, -0.2) is 65.8 Å². The molecule has 2 amide bonds. The molecule has 3 rings (SSSR count). The molecular weight excluding hydrogens is 290 g/mol. The van der Waals surface area contributed by atoms with Crippen LogP contribution in [0.2, 0.25) is 0 Å². The average molecular weight is 315 g/mol. The number of amides is 2. The average Bonchev–Trinajstić information content (AvgIpc) is 2.58. The molecule has 1 aromatic carbocycles. The van der Waals surface area contributed by atoms with E-state index in [-0.39, 0.29) is 18.4 Å². The summed E-state index contributed by atoms with van der Waals surface area (Å²) in [6.45, 7) is 5.24. The lowest BCUT2D eigenvalue weighted by molar-refractivity contribution is -0.142. The van der Waals surface area contributed by atoms with Gasteiger partial charge in [0.05, 0.1) is 6.54 Å². The molecule has 0 saturated carbocycles. The van der Waals surface area contributed by atoms with E-state index in [9.17, 15) is 9.59 Å². The zero-order chi connectivity index (χ0) is 16.1.